The zero-order valence-electron chi connectivity index (χ0n) is 9.54. The van der Waals surface area contributed by atoms with E-state index in [0.29, 0.717) is 19.8 Å². The molecule has 1 heterocycles. The molecule has 1 N–H and O–H groups in total. The summed E-state index contributed by atoms with van der Waals surface area (Å²) >= 11 is 0. The predicted molar refractivity (Wildman–Crippen MR) is 53.6 cm³/mol. The highest BCUT2D eigenvalue weighted by molar-refractivity contribution is 5.71. The first kappa shape index (κ1) is 14.2. The lowest BCUT2D eigenvalue weighted by molar-refractivity contribution is -0.188. The van der Waals surface area contributed by atoms with Gasteiger partial charge >= 0.3 is 12.1 Å². The number of halogens is 3. The largest absolute Gasteiger partial charge is 0.481 e. The second-order valence-electron chi connectivity index (χ2n) is 4.05. The number of carbonyl (C=O) groups is 1. The molecule has 2 atom stereocenters. The van der Waals surface area contributed by atoms with Gasteiger partial charge in [-0.3, -0.25) is 9.69 Å². The molecule has 0 aromatic rings. The van der Waals surface area contributed by atoms with Crippen molar-refractivity contribution in [2.75, 3.05) is 32.8 Å². The van der Waals surface area contributed by atoms with Crippen molar-refractivity contribution in [3.8, 4) is 0 Å². The van der Waals surface area contributed by atoms with Crippen LogP contribution in [0.1, 0.15) is 6.92 Å². The van der Waals surface area contributed by atoms with Crippen molar-refractivity contribution in [1.82, 2.24) is 4.90 Å². The van der Waals surface area contributed by atoms with Crippen molar-refractivity contribution in [3.63, 3.8) is 0 Å². The molecule has 0 saturated carbocycles. The second-order valence-corrected chi connectivity index (χ2v) is 4.05. The molecule has 1 rings (SSSR count). The summed E-state index contributed by atoms with van der Waals surface area (Å²) in [6.07, 6.45) is -4.45. The molecule has 0 radical (unpaired) electrons. The number of nitrogens with zero attached hydrogens (tertiary/aromatic N) is 1. The lowest BCUT2D eigenvalue weighted by Gasteiger charge is -2.18. The van der Waals surface area contributed by atoms with E-state index in [4.69, 9.17) is 9.84 Å². The van der Waals surface area contributed by atoms with Crippen LogP contribution in [0.5, 0.6) is 0 Å². The van der Waals surface area contributed by atoms with Gasteiger partial charge in [0.25, 0.3) is 0 Å². The minimum atomic E-state index is -4.45. The fraction of sp³-hybridized carbons (Fsp3) is 0.900. The molecule has 17 heavy (non-hydrogen) atoms. The van der Waals surface area contributed by atoms with Crippen LogP contribution in [0.2, 0.25) is 0 Å². The average Bonchev–Trinajstić information content (AvgIpc) is 2.62. The summed E-state index contributed by atoms with van der Waals surface area (Å²) in [7, 11) is 0. The molecule has 7 heteroatoms. The van der Waals surface area contributed by atoms with E-state index in [2.05, 4.69) is 0 Å². The van der Waals surface area contributed by atoms with Crippen LogP contribution >= 0.6 is 0 Å². The van der Waals surface area contributed by atoms with Crippen molar-refractivity contribution in [2.24, 2.45) is 11.8 Å². The highest BCUT2D eigenvalue weighted by Gasteiger charge is 2.52. The van der Waals surface area contributed by atoms with Gasteiger partial charge in [-0.25, -0.2) is 0 Å². The average molecular weight is 255 g/mol. The first-order valence-corrected chi connectivity index (χ1v) is 5.45. The minimum Gasteiger partial charge on any atom is -0.481 e. The third-order valence-corrected chi connectivity index (χ3v) is 2.89. The molecule has 1 aliphatic rings. The number of hydrogen-bond donors (Lipinski definition) is 1. The zero-order valence-corrected chi connectivity index (χ0v) is 9.54. The molecule has 0 aromatic carbocycles. The third kappa shape index (κ3) is 3.85. The summed E-state index contributed by atoms with van der Waals surface area (Å²) < 4.78 is 42.9. The van der Waals surface area contributed by atoms with Gasteiger partial charge in [-0.1, -0.05) is 0 Å². The number of aliphatic carboxylic acids is 1. The quantitative estimate of drug-likeness (QED) is 0.750. The van der Waals surface area contributed by atoms with Gasteiger partial charge < -0.3 is 9.84 Å². The topological polar surface area (TPSA) is 49.8 Å². The van der Waals surface area contributed by atoms with E-state index >= 15 is 0 Å². The molecule has 0 spiro atoms. The van der Waals surface area contributed by atoms with Gasteiger partial charge in [0, 0.05) is 26.2 Å². The molecule has 0 aromatic heterocycles. The van der Waals surface area contributed by atoms with Crippen molar-refractivity contribution in [3.05, 3.63) is 0 Å². The molecule has 1 fully saturated rings. The predicted octanol–water partition coefficient (Wildman–Crippen LogP) is 1.22. The van der Waals surface area contributed by atoms with E-state index in [-0.39, 0.29) is 13.1 Å². The lowest BCUT2D eigenvalue weighted by Crippen LogP contribution is -2.33. The van der Waals surface area contributed by atoms with E-state index in [1.165, 1.54) is 4.90 Å². The van der Waals surface area contributed by atoms with Gasteiger partial charge in [0.15, 0.2) is 0 Å². The van der Waals surface area contributed by atoms with Gasteiger partial charge in [-0.15, -0.1) is 0 Å². The molecule has 0 amide bonds. The molecule has 0 bridgehead atoms. The van der Waals surface area contributed by atoms with Crippen LogP contribution < -0.4 is 0 Å². The molecule has 100 valence electrons. The highest BCUT2D eigenvalue weighted by atomic mass is 19.4. The standard InChI is InChI=1S/C10H16F3NO3/c1-2-17-4-3-14-5-7(9(15)16)8(6-14)10(11,12)13/h7-8H,2-6H2,1H3,(H,15,16). The Balaban J connectivity index is 2.57. The number of rotatable bonds is 5. The van der Waals surface area contributed by atoms with Crippen LogP contribution in [-0.2, 0) is 9.53 Å². The van der Waals surface area contributed by atoms with Crippen molar-refractivity contribution < 1.29 is 27.8 Å². The van der Waals surface area contributed by atoms with Crippen molar-refractivity contribution in [2.45, 2.75) is 13.1 Å². The van der Waals surface area contributed by atoms with Crippen molar-refractivity contribution in [1.29, 1.82) is 0 Å². The SMILES string of the molecule is CCOCCN1CC(C(=O)O)C(C(F)(F)F)C1. The number of ether oxygens (including phenoxy) is 1. The molecule has 1 aliphatic heterocycles. The summed E-state index contributed by atoms with van der Waals surface area (Å²) in [5.74, 6) is -4.52. The van der Waals surface area contributed by atoms with E-state index in [1.807, 2.05) is 0 Å². The third-order valence-electron chi connectivity index (χ3n) is 2.89. The molecular weight excluding hydrogens is 239 g/mol. The molecule has 2 unspecified atom stereocenters. The minimum absolute atomic E-state index is 0.0629. The summed E-state index contributed by atoms with van der Waals surface area (Å²) in [6, 6.07) is 0. The Bertz CT molecular complexity index is 270. The van der Waals surface area contributed by atoms with E-state index in [1.54, 1.807) is 6.92 Å². The maximum Gasteiger partial charge on any atom is 0.393 e. The van der Waals surface area contributed by atoms with E-state index in [0.717, 1.165) is 0 Å². The second kappa shape index (κ2) is 5.68. The number of carboxylic acids is 1. The normalized spacial score (nSPS) is 26.4. The lowest BCUT2D eigenvalue weighted by atomic mass is 9.96. The van der Waals surface area contributed by atoms with Crippen LogP contribution in [-0.4, -0.2) is 55.0 Å². The number of alkyl halides is 3. The molecular formula is C10H16F3NO3. The molecule has 4 nitrogen and oxygen atoms in total. The first-order chi connectivity index (χ1) is 7.86. The summed E-state index contributed by atoms with van der Waals surface area (Å²) in [6.45, 7) is 2.64. The van der Waals surface area contributed by atoms with E-state index in [9.17, 15) is 18.0 Å². The van der Waals surface area contributed by atoms with Gasteiger partial charge in [0.2, 0.25) is 0 Å². The first-order valence-electron chi connectivity index (χ1n) is 5.45. The van der Waals surface area contributed by atoms with Gasteiger partial charge in [0.05, 0.1) is 18.4 Å². The fourth-order valence-electron chi connectivity index (χ4n) is 1.99. The Morgan fingerprint density at radius 2 is 2.12 bits per heavy atom. The highest BCUT2D eigenvalue weighted by Crippen LogP contribution is 2.37. The molecule has 1 saturated heterocycles. The fourth-order valence-corrected chi connectivity index (χ4v) is 1.99. The number of hydrogen-bond acceptors (Lipinski definition) is 3. The Morgan fingerprint density at radius 3 is 2.53 bits per heavy atom. The van der Waals surface area contributed by atoms with Crippen molar-refractivity contribution >= 4 is 5.97 Å². The summed E-state index contributed by atoms with van der Waals surface area (Å²) in [5.41, 5.74) is 0. The zero-order chi connectivity index (χ0) is 13.1. The van der Waals surface area contributed by atoms with Gasteiger partial charge in [0.1, 0.15) is 0 Å². The monoisotopic (exact) mass is 255 g/mol. The summed E-state index contributed by atoms with van der Waals surface area (Å²) in [5, 5.41) is 8.78. The molecule has 0 aliphatic carbocycles. The maximum absolute atomic E-state index is 12.6. The van der Waals surface area contributed by atoms with Crippen LogP contribution in [0.25, 0.3) is 0 Å². The Labute approximate surface area is 97.3 Å². The van der Waals surface area contributed by atoms with Gasteiger partial charge in [-0.2, -0.15) is 13.2 Å². The smallest absolute Gasteiger partial charge is 0.393 e. The Morgan fingerprint density at radius 1 is 1.47 bits per heavy atom. The maximum atomic E-state index is 12.6. The van der Waals surface area contributed by atoms with Gasteiger partial charge in [-0.05, 0) is 6.92 Å². The Hall–Kier alpha value is -0.820. The van der Waals surface area contributed by atoms with Crippen LogP contribution in [0.15, 0.2) is 0 Å². The number of likely N-dealkylation sites (tertiary alicyclic amines) is 1. The van der Waals surface area contributed by atoms with E-state index < -0.39 is 24.0 Å². The van der Waals surface area contributed by atoms with Crippen LogP contribution in [0.4, 0.5) is 13.2 Å². The van der Waals surface area contributed by atoms with Crippen LogP contribution in [0, 0.1) is 11.8 Å². The van der Waals surface area contributed by atoms with Crippen LogP contribution in [0.3, 0.4) is 0 Å². The Kier molecular flexibility index (Phi) is 4.76. The summed E-state index contributed by atoms with van der Waals surface area (Å²) in [4.78, 5) is 12.3. The number of carboxylic acid groups (broad SMARTS) is 1.